The van der Waals surface area contributed by atoms with E-state index >= 15 is 0 Å². The average molecular weight is 445 g/mol. The zero-order chi connectivity index (χ0) is 23.5. The van der Waals surface area contributed by atoms with Gasteiger partial charge in [-0.05, 0) is 29.8 Å². The minimum absolute atomic E-state index is 0.0234. The zero-order valence-electron chi connectivity index (χ0n) is 17.6. The summed E-state index contributed by atoms with van der Waals surface area (Å²) >= 11 is 0. The molecule has 3 aromatic rings. The van der Waals surface area contributed by atoms with Crippen molar-refractivity contribution in [2.45, 2.75) is 12.5 Å². The molecule has 1 aliphatic heterocycles. The molecule has 0 saturated heterocycles. The van der Waals surface area contributed by atoms with Gasteiger partial charge in [0.05, 0.1) is 28.8 Å². The lowest BCUT2D eigenvalue weighted by molar-refractivity contribution is -0.384. The van der Waals surface area contributed by atoms with E-state index in [1.807, 2.05) is 0 Å². The van der Waals surface area contributed by atoms with Gasteiger partial charge in [0.15, 0.2) is 0 Å². The van der Waals surface area contributed by atoms with Gasteiger partial charge in [-0.25, -0.2) is 0 Å². The average Bonchev–Trinajstić information content (AvgIpc) is 3.08. The number of carbonyl (C=O) groups excluding carboxylic acids is 3. The molecular formula is C24H19N3O6. The van der Waals surface area contributed by atoms with E-state index < -0.39 is 28.7 Å². The van der Waals surface area contributed by atoms with Gasteiger partial charge in [0.2, 0.25) is 5.91 Å². The van der Waals surface area contributed by atoms with E-state index in [4.69, 9.17) is 4.74 Å². The molecule has 9 heteroatoms. The van der Waals surface area contributed by atoms with Gasteiger partial charge >= 0.3 is 0 Å². The molecule has 4 rings (SSSR count). The van der Waals surface area contributed by atoms with Crippen LogP contribution in [0.25, 0.3) is 0 Å². The number of hydrogen-bond donors (Lipinski definition) is 1. The Morgan fingerprint density at radius 2 is 1.55 bits per heavy atom. The van der Waals surface area contributed by atoms with Crippen LogP contribution < -0.4 is 10.1 Å². The SMILES string of the molecule is COc1ccccc1NC(=O)[C@@H](Cc1ccc([N+](=O)[O-])cc1)N1C(=O)c2ccccc2C1=O. The van der Waals surface area contributed by atoms with E-state index in [1.54, 1.807) is 36.4 Å². The Morgan fingerprint density at radius 3 is 2.12 bits per heavy atom. The van der Waals surface area contributed by atoms with Crippen LogP contribution >= 0.6 is 0 Å². The molecule has 3 aromatic carbocycles. The van der Waals surface area contributed by atoms with Crippen LogP contribution in [0.15, 0.2) is 72.8 Å². The summed E-state index contributed by atoms with van der Waals surface area (Å²) in [7, 11) is 1.46. The number of carbonyl (C=O) groups is 3. The van der Waals surface area contributed by atoms with E-state index in [0.29, 0.717) is 17.0 Å². The number of fused-ring (bicyclic) bond motifs is 1. The number of nitro benzene ring substituents is 1. The summed E-state index contributed by atoms with van der Waals surface area (Å²) in [6.07, 6.45) is -0.0234. The van der Waals surface area contributed by atoms with Crippen LogP contribution in [0.3, 0.4) is 0 Å². The second-order valence-electron chi connectivity index (χ2n) is 7.36. The monoisotopic (exact) mass is 445 g/mol. The summed E-state index contributed by atoms with van der Waals surface area (Å²) in [6, 6.07) is 17.6. The molecule has 0 fully saturated rings. The predicted octanol–water partition coefficient (Wildman–Crippen LogP) is 3.45. The van der Waals surface area contributed by atoms with E-state index in [1.165, 1.54) is 43.5 Å². The van der Waals surface area contributed by atoms with Crippen molar-refractivity contribution in [2.75, 3.05) is 12.4 Å². The first kappa shape index (κ1) is 21.7. The highest BCUT2D eigenvalue weighted by Crippen LogP contribution is 2.28. The van der Waals surface area contributed by atoms with Crippen molar-refractivity contribution in [3.05, 3.63) is 99.6 Å². The topological polar surface area (TPSA) is 119 Å². The Balaban J connectivity index is 1.69. The molecule has 1 atom stereocenters. The summed E-state index contributed by atoms with van der Waals surface area (Å²) in [4.78, 5) is 50.9. The maximum Gasteiger partial charge on any atom is 0.269 e. The third kappa shape index (κ3) is 4.16. The molecule has 3 amide bonds. The van der Waals surface area contributed by atoms with E-state index in [-0.39, 0.29) is 23.2 Å². The molecule has 1 aliphatic rings. The van der Waals surface area contributed by atoms with Crippen LogP contribution in [0, 0.1) is 10.1 Å². The van der Waals surface area contributed by atoms with Gasteiger partial charge in [0, 0.05) is 18.6 Å². The van der Waals surface area contributed by atoms with Gasteiger partial charge in [-0.1, -0.05) is 36.4 Å². The molecule has 0 bridgehead atoms. The minimum atomic E-state index is -1.19. The van der Waals surface area contributed by atoms with E-state index in [9.17, 15) is 24.5 Å². The molecular weight excluding hydrogens is 426 g/mol. The van der Waals surface area contributed by atoms with Crippen molar-refractivity contribution in [2.24, 2.45) is 0 Å². The largest absolute Gasteiger partial charge is 0.495 e. The Labute approximate surface area is 188 Å². The lowest BCUT2D eigenvalue weighted by Gasteiger charge is -2.26. The second-order valence-corrected chi connectivity index (χ2v) is 7.36. The molecule has 0 spiro atoms. The third-order valence-corrected chi connectivity index (χ3v) is 5.38. The van der Waals surface area contributed by atoms with E-state index in [0.717, 1.165) is 4.90 Å². The first-order valence-electron chi connectivity index (χ1n) is 10.0. The van der Waals surface area contributed by atoms with Gasteiger partial charge in [0.25, 0.3) is 17.5 Å². The number of rotatable bonds is 7. The maximum absolute atomic E-state index is 13.4. The molecule has 0 aromatic heterocycles. The lowest BCUT2D eigenvalue weighted by atomic mass is 10.0. The number of ether oxygens (including phenoxy) is 1. The fraction of sp³-hybridized carbons (Fsp3) is 0.125. The Bertz CT molecular complexity index is 1220. The number of hydrogen-bond acceptors (Lipinski definition) is 6. The summed E-state index contributed by atoms with van der Waals surface area (Å²) in [5.74, 6) is -1.31. The molecule has 0 unspecified atom stereocenters. The summed E-state index contributed by atoms with van der Waals surface area (Å²) < 4.78 is 5.27. The molecule has 0 aliphatic carbocycles. The standard InChI is InChI=1S/C24H19N3O6/c1-33-21-9-5-4-8-19(21)25-22(28)20(14-15-10-12-16(13-11-15)27(31)32)26-23(29)17-6-2-3-7-18(17)24(26)30/h2-13,20H,14H2,1H3,(H,25,28)/t20-/m1/s1. The molecule has 0 saturated carbocycles. The fourth-order valence-corrected chi connectivity index (χ4v) is 3.73. The van der Waals surface area contributed by atoms with Crippen molar-refractivity contribution in [1.82, 2.24) is 4.90 Å². The van der Waals surface area contributed by atoms with Gasteiger partial charge in [-0.2, -0.15) is 0 Å². The molecule has 9 nitrogen and oxygen atoms in total. The van der Waals surface area contributed by atoms with Gasteiger partial charge in [-0.15, -0.1) is 0 Å². The van der Waals surface area contributed by atoms with Gasteiger partial charge < -0.3 is 10.1 Å². The number of non-ortho nitro benzene ring substituents is 1. The molecule has 1 N–H and O–H groups in total. The normalized spacial score (nSPS) is 13.4. The number of methoxy groups -OCH3 is 1. The number of benzene rings is 3. The molecule has 166 valence electrons. The van der Waals surface area contributed by atoms with Crippen molar-refractivity contribution in [1.29, 1.82) is 0 Å². The number of nitrogens with zero attached hydrogens (tertiary/aromatic N) is 2. The van der Waals surface area contributed by atoms with Crippen molar-refractivity contribution < 1.29 is 24.0 Å². The maximum atomic E-state index is 13.4. The fourth-order valence-electron chi connectivity index (χ4n) is 3.73. The van der Waals surface area contributed by atoms with Crippen LogP contribution in [0.1, 0.15) is 26.3 Å². The molecule has 33 heavy (non-hydrogen) atoms. The number of para-hydroxylation sites is 2. The summed E-state index contributed by atoms with van der Waals surface area (Å²) in [6.45, 7) is 0. The summed E-state index contributed by atoms with van der Waals surface area (Å²) in [5, 5.41) is 13.7. The van der Waals surface area contributed by atoms with Crippen LogP contribution in [0.5, 0.6) is 5.75 Å². The number of nitro groups is 1. The van der Waals surface area contributed by atoms with Crippen molar-refractivity contribution >= 4 is 29.1 Å². The number of anilines is 1. The van der Waals surface area contributed by atoms with Crippen LogP contribution in [-0.4, -0.2) is 40.7 Å². The van der Waals surface area contributed by atoms with Gasteiger partial charge in [0.1, 0.15) is 11.8 Å². The van der Waals surface area contributed by atoms with Crippen molar-refractivity contribution in [3.8, 4) is 5.75 Å². The first-order valence-corrected chi connectivity index (χ1v) is 10.0. The highest BCUT2D eigenvalue weighted by molar-refractivity contribution is 6.23. The van der Waals surface area contributed by atoms with Crippen LogP contribution in [0.4, 0.5) is 11.4 Å². The Morgan fingerprint density at radius 1 is 0.970 bits per heavy atom. The highest BCUT2D eigenvalue weighted by atomic mass is 16.6. The van der Waals surface area contributed by atoms with Gasteiger partial charge in [-0.3, -0.25) is 29.4 Å². The number of nitrogens with one attached hydrogen (secondary N) is 1. The predicted molar refractivity (Wildman–Crippen MR) is 119 cm³/mol. The smallest absolute Gasteiger partial charge is 0.269 e. The molecule has 1 heterocycles. The zero-order valence-corrected chi connectivity index (χ0v) is 17.6. The third-order valence-electron chi connectivity index (χ3n) is 5.38. The minimum Gasteiger partial charge on any atom is -0.495 e. The second kappa shape index (κ2) is 8.91. The van der Waals surface area contributed by atoms with E-state index in [2.05, 4.69) is 5.32 Å². The lowest BCUT2D eigenvalue weighted by Crippen LogP contribution is -2.48. The summed E-state index contributed by atoms with van der Waals surface area (Å²) in [5.41, 5.74) is 1.28. The quantitative estimate of drug-likeness (QED) is 0.338. The highest BCUT2D eigenvalue weighted by Gasteiger charge is 2.42. The van der Waals surface area contributed by atoms with Crippen LogP contribution in [0.2, 0.25) is 0 Å². The molecule has 0 radical (unpaired) electrons. The Kier molecular flexibility index (Phi) is 5.86. The Hall–Kier alpha value is -4.53. The number of amides is 3. The van der Waals surface area contributed by atoms with Crippen LogP contribution in [-0.2, 0) is 11.2 Å². The first-order chi connectivity index (χ1) is 15.9. The number of imide groups is 1. The van der Waals surface area contributed by atoms with Crippen molar-refractivity contribution in [3.63, 3.8) is 0 Å².